The molecule has 0 unspecified atom stereocenters. The summed E-state index contributed by atoms with van der Waals surface area (Å²) in [6.07, 6.45) is 10.9. The number of ether oxygens (including phenoxy) is 2. The Bertz CT molecular complexity index is 1040. The molecule has 33 heavy (non-hydrogen) atoms. The summed E-state index contributed by atoms with van der Waals surface area (Å²) in [5, 5.41) is 0. The molecule has 1 saturated heterocycles. The molecule has 0 bridgehead atoms. The van der Waals surface area contributed by atoms with Crippen LogP contribution in [0.3, 0.4) is 0 Å². The van der Waals surface area contributed by atoms with Gasteiger partial charge in [-0.1, -0.05) is 20.4 Å². The summed E-state index contributed by atoms with van der Waals surface area (Å²) in [6.45, 7) is 10.4. The molecular weight excluding hydrogens is 416 g/mol. The minimum atomic E-state index is -0.280. The third-order valence-corrected chi connectivity index (χ3v) is 10.8. The van der Waals surface area contributed by atoms with Gasteiger partial charge in [0.15, 0.2) is 0 Å². The molecule has 5 aliphatic rings. The number of rotatable bonds is 3. The van der Waals surface area contributed by atoms with Crippen molar-refractivity contribution in [3.63, 3.8) is 0 Å². The van der Waals surface area contributed by atoms with Crippen LogP contribution >= 0.6 is 0 Å². The van der Waals surface area contributed by atoms with Crippen LogP contribution in [0.4, 0.5) is 0 Å². The number of carbonyl (C=O) groups excluding carboxylic acids is 1. The summed E-state index contributed by atoms with van der Waals surface area (Å²) < 4.78 is 17.7. The van der Waals surface area contributed by atoms with E-state index in [0.29, 0.717) is 40.8 Å². The van der Waals surface area contributed by atoms with Crippen molar-refractivity contribution in [3.05, 3.63) is 46.5 Å². The van der Waals surface area contributed by atoms with Gasteiger partial charge in [-0.05, 0) is 99.0 Å². The van der Waals surface area contributed by atoms with Crippen molar-refractivity contribution in [1.29, 1.82) is 0 Å². The monoisotopic (exact) mass is 452 g/mol. The first-order valence-corrected chi connectivity index (χ1v) is 12.8. The quantitative estimate of drug-likeness (QED) is 0.350. The molecule has 5 nitrogen and oxygen atoms in total. The van der Waals surface area contributed by atoms with Crippen molar-refractivity contribution in [1.82, 2.24) is 0 Å². The molecule has 2 heterocycles. The van der Waals surface area contributed by atoms with Crippen molar-refractivity contribution < 1.29 is 18.7 Å². The zero-order valence-electron chi connectivity index (χ0n) is 20.1. The predicted octanol–water partition coefficient (Wildman–Crippen LogP) is 5.39. The Morgan fingerprint density at radius 3 is 2.64 bits per heavy atom. The lowest BCUT2D eigenvalue weighted by atomic mass is 9.44. The summed E-state index contributed by atoms with van der Waals surface area (Å²) in [7, 11) is 0. The fourth-order valence-electron chi connectivity index (χ4n) is 9.08. The fraction of sp³-hybridized carbons (Fsp3) is 0.714. The highest BCUT2D eigenvalue weighted by Gasteiger charge is 2.80. The lowest BCUT2D eigenvalue weighted by molar-refractivity contribution is -0.161. The largest absolute Gasteiger partial charge is 0.459 e. The van der Waals surface area contributed by atoms with Gasteiger partial charge in [0.05, 0.1) is 12.4 Å². The van der Waals surface area contributed by atoms with Gasteiger partial charge in [-0.3, -0.25) is 0 Å². The van der Waals surface area contributed by atoms with Crippen molar-refractivity contribution in [2.24, 2.45) is 28.6 Å². The minimum absolute atomic E-state index is 0.0199. The first kappa shape index (κ1) is 21.6. The van der Waals surface area contributed by atoms with Gasteiger partial charge in [-0.2, -0.15) is 0 Å². The van der Waals surface area contributed by atoms with Crippen molar-refractivity contribution in [3.8, 4) is 0 Å². The van der Waals surface area contributed by atoms with Crippen LogP contribution in [0.2, 0.25) is 0 Å². The van der Waals surface area contributed by atoms with E-state index in [4.69, 9.17) is 13.9 Å². The van der Waals surface area contributed by atoms with Crippen LogP contribution in [-0.2, 0) is 14.3 Å². The average molecular weight is 453 g/mol. The Morgan fingerprint density at radius 1 is 1.09 bits per heavy atom. The van der Waals surface area contributed by atoms with Crippen LogP contribution in [0.5, 0.6) is 0 Å². The van der Waals surface area contributed by atoms with E-state index in [9.17, 15) is 9.59 Å². The lowest BCUT2D eigenvalue weighted by Crippen LogP contribution is -2.58. The third-order valence-electron chi connectivity index (χ3n) is 10.8. The van der Waals surface area contributed by atoms with Crippen LogP contribution in [-0.4, -0.2) is 23.8 Å². The number of fused-ring (bicyclic) bond motifs is 3. The standard InChI is InChI=1S/C28H36O5/c1-16(2)25(30)32-19-9-11-26(3)18(13-19)6-7-21-20(26)10-12-27(4)22(14-23-28(21,27)33-23)17-5-8-24(29)31-15-17/h5,8,15,18-23H,1,6-7,9-14H2,2-4H3/t18-,19+,20-,21+,22+,23-,26-,27+,28-/m0/s1. The van der Waals surface area contributed by atoms with Gasteiger partial charge in [0, 0.05) is 17.1 Å². The first-order chi connectivity index (χ1) is 15.7. The Morgan fingerprint density at radius 2 is 1.91 bits per heavy atom. The molecule has 1 aromatic rings. The zero-order valence-corrected chi connectivity index (χ0v) is 20.1. The fourth-order valence-corrected chi connectivity index (χ4v) is 9.08. The normalized spacial score (nSPS) is 47.5. The van der Waals surface area contributed by atoms with Crippen LogP contribution in [0, 0.1) is 28.6 Å². The van der Waals surface area contributed by atoms with Crippen LogP contribution in [0.25, 0.3) is 0 Å². The molecule has 9 atom stereocenters. The van der Waals surface area contributed by atoms with Crippen LogP contribution < -0.4 is 5.63 Å². The second kappa shape index (κ2) is 7.07. The molecule has 6 rings (SSSR count). The molecule has 1 aromatic heterocycles. The number of carbonyl (C=O) groups is 1. The number of hydrogen-bond donors (Lipinski definition) is 0. The highest BCUT2D eigenvalue weighted by Crippen LogP contribution is 2.78. The second-order valence-electron chi connectivity index (χ2n) is 12.1. The van der Waals surface area contributed by atoms with Gasteiger partial charge in [0.1, 0.15) is 11.7 Å². The molecular formula is C28H36O5. The third kappa shape index (κ3) is 2.87. The molecule has 0 amide bonds. The molecule has 1 aliphatic heterocycles. The van der Waals surface area contributed by atoms with Crippen molar-refractivity contribution in [2.45, 2.75) is 95.9 Å². The Balaban J connectivity index is 1.24. The summed E-state index contributed by atoms with van der Waals surface area (Å²) >= 11 is 0. The summed E-state index contributed by atoms with van der Waals surface area (Å²) in [4.78, 5) is 23.6. The summed E-state index contributed by atoms with van der Waals surface area (Å²) in [6, 6.07) is 3.53. The molecule has 4 aliphatic carbocycles. The highest BCUT2D eigenvalue weighted by atomic mass is 16.6. The number of epoxide rings is 1. The van der Waals surface area contributed by atoms with E-state index in [1.807, 2.05) is 6.07 Å². The molecule has 0 aromatic carbocycles. The smallest absolute Gasteiger partial charge is 0.335 e. The first-order valence-electron chi connectivity index (χ1n) is 12.8. The Kier molecular flexibility index (Phi) is 4.63. The van der Waals surface area contributed by atoms with Crippen LogP contribution in [0.15, 0.2) is 39.8 Å². The lowest BCUT2D eigenvalue weighted by Gasteiger charge is -2.61. The zero-order chi connectivity index (χ0) is 23.2. The van der Waals surface area contributed by atoms with E-state index >= 15 is 0 Å². The molecule has 5 fully saturated rings. The van der Waals surface area contributed by atoms with E-state index in [-0.39, 0.29) is 28.7 Å². The number of hydrogen-bond acceptors (Lipinski definition) is 5. The van der Waals surface area contributed by atoms with E-state index in [1.54, 1.807) is 19.3 Å². The van der Waals surface area contributed by atoms with Crippen molar-refractivity contribution in [2.75, 3.05) is 0 Å². The maximum Gasteiger partial charge on any atom is 0.335 e. The topological polar surface area (TPSA) is 69.0 Å². The van der Waals surface area contributed by atoms with Gasteiger partial charge in [-0.25, -0.2) is 9.59 Å². The molecule has 5 heteroatoms. The van der Waals surface area contributed by atoms with Gasteiger partial charge in [0.2, 0.25) is 0 Å². The second-order valence-corrected chi connectivity index (χ2v) is 12.1. The van der Waals surface area contributed by atoms with Gasteiger partial charge in [0.25, 0.3) is 0 Å². The molecule has 4 saturated carbocycles. The van der Waals surface area contributed by atoms with E-state index < -0.39 is 0 Å². The maximum atomic E-state index is 12.1. The Hall–Kier alpha value is -1.88. The summed E-state index contributed by atoms with van der Waals surface area (Å²) in [5.41, 5.74) is 1.73. The molecule has 178 valence electrons. The SMILES string of the molecule is C=C(C)C(=O)O[C@@H]1CC[C@@]2(C)[C@@H](CC[C@@H]3[C@@H]2CC[C@]2(C)[C@@H](c4ccc(=O)oc4)C[C@@H]4O[C@]432)C1. The van der Waals surface area contributed by atoms with Crippen LogP contribution in [0.1, 0.15) is 83.6 Å². The average Bonchev–Trinajstić information content (AvgIpc) is 3.44. The minimum Gasteiger partial charge on any atom is -0.459 e. The number of esters is 1. The Labute approximate surface area is 195 Å². The predicted molar refractivity (Wildman–Crippen MR) is 124 cm³/mol. The van der Waals surface area contributed by atoms with E-state index in [0.717, 1.165) is 37.7 Å². The molecule has 1 spiro atoms. The summed E-state index contributed by atoms with van der Waals surface area (Å²) in [5.74, 6) is 2.02. The molecule has 0 radical (unpaired) electrons. The van der Waals surface area contributed by atoms with Gasteiger partial charge in [-0.15, -0.1) is 0 Å². The van der Waals surface area contributed by atoms with Gasteiger partial charge >= 0.3 is 11.6 Å². The van der Waals surface area contributed by atoms with E-state index in [1.165, 1.54) is 19.3 Å². The van der Waals surface area contributed by atoms with E-state index in [2.05, 4.69) is 20.4 Å². The van der Waals surface area contributed by atoms with Gasteiger partial charge < -0.3 is 13.9 Å². The maximum absolute atomic E-state index is 12.1. The highest BCUT2D eigenvalue weighted by molar-refractivity contribution is 5.87. The van der Waals surface area contributed by atoms with Crippen molar-refractivity contribution >= 4 is 5.97 Å². The molecule has 0 N–H and O–H groups in total.